The average Bonchev–Trinajstić information content (AvgIpc) is 2.66. The second-order valence-electron chi connectivity index (χ2n) is 5.26. The van der Waals surface area contributed by atoms with Gasteiger partial charge in [0.25, 0.3) is 0 Å². The summed E-state index contributed by atoms with van der Waals surface area (Å²) >= 11 is 9.44. The standard InChI is InChI=1S/C14H14BrClN2O/c1-14(2,3)18-13(15)11(8-19)12(17-18)9-5-4-6-10(16)7-9/h4-8H,1-3H3. The van der Waals surface area contributed by atoms with Crippen LogP contribution in [0.3, 0.4) is 0 Å². The number of rotatable bonds is 2. The summed E-state index contributed by atoms with van der Waals surface area (Å²) in [5.41, 5.74) is 1.79. The molecule has 0 spiro atoms. The van der Waals surface area contributed by atoms with Crippen LogP contribution in [0.2, 0.25) is 5.02 Å². The summed E-state index contributed by atoms with van der Waals surface area (Å²) in [4.78, 5) is 11.3. The zero-order chi connectivity index (χ0) is 14.2. The molecule has 0 bridgehead atoms. The smallest absolute Gasteiger partial charge is 0.155 e. The van der Waals surface area contributed by atoms with Gasteiger partial charge >= 0.3 is 0 Å². The van der Waals surface area contributed by atoms with Gasteiger partial charge in [-0.25, -0.2) is 0 Å². The topological polar surface area (TPSA) is 34.9 Å². The Balaban J connectivity index is 2.68. The first-order valence-corrected chi connectivity index (χ1v) is 7.02. The first-order chi connectivity index (χ1) is 8.84. The van der Waals surface area contributed by atoms with Crippen molar-refractivity contribution >= 4 is 33.8 Å². The number of carbonyl (C=O) groups excluding carboxylic acids is 1. The van der Waals surface area contributed by atoms with Gasteiger partial charge < -0.3 is 0 Å². The van der Waals surface area contributed by atoms with E-state index in [-0.39, 0.29) is 5.54 Å². The van der Waals surface area contributed by atoms with Gasteiger partial charge in [0.1, 0.15) is 10.3 Å². The van der Waals surface area contributed by atoms with E-state index >= 15 is 0 Å². The molecule has 5 heteroatoms. The molecule has 19 heavy (non-hydrogen) atoms. The Morgan fingerprint density at radius 1 is 1.37 bits per heavy atom. The minimum absolute atomic E-state index is 0.215. The van der Waals surface area contributed by atoms with Gasteiger partial charge in [-0.2, -0.15) is 5.10 Å². The fraction of sp³-hybridized carbons (Fsp3) is 0.286. The quantitative estimate of drug-likeness (QED) is 0.752. The van der Waals surface area contributed by atoms with Crippen LogP contribution in [-0.2, 0) is 5.54 Å². The van der Waals surface area contributed by atoms with Gasteiger partial charge in [-0.1, -0.05) is 23.7 Å². The zero-order valence-corrected chi connectivity index (χ0v) is 13.3. The molecule has 0 aliphatic carbocycles. The lowest BCUT2D eigenvalue weighted by atomic mass is 10.1. The summed E-state index contributed by atoms with van der Waals surface area (Å²) in [5.74, 6) is 0. The van der Waals surface area contributed by atoms with E-state index in [9.17, 15) is 4.79 Å². The monoisotopic (exact) mass is 340 g/mol. The molecule has 1 heterocycles. The molecule has 1 aromatic carbocycles. The third-order valence-corrected chi connectivity index (χ3v) is 3.71. The lowest BCUT2D eigenvalue weighted by Crippen LogP contribution is -2.23. The molecule has 3 nitrogen and oxygen atoms in total. The SMILES string of the molecule is CC(C)(C)n1nc(-c2cccc(Cl)c2)c(C=O)c1Br. The van der Waals surface area contributed by atoms with Crippen LogP contribution < -0.4 is 0 Å². The molecule has 0 saturated heterocycles. The fourth-order valence-electron chi connectivity index (χ4n) is 1.81. The molecule has 0 atom stereocenters. The molecule has 0 aliphatic heterocycles. The minimum atomic E-state index is -0.215. The molecule has 2 aromatic rings. The van der Waals surface area contributed by atoms with Crippen molar-refractivity contribution in [2.75, 3.05) is 0 Å². The van der Waals surface area contributed by atoms with Crippen LogP contribution in [0.25, 0.3) is 11.3 Å². The largest absolute Gasteiger partial charge is 0.298 e. The molecule has 100 valence electrons. The van der Waals surface area contributed by atoms with Crippen LogP contribution in [-0.4, -0.2) is 16.1 Å². The van der Waals surface area contributed by atoms with Crippen LogP contribution in [0.15, 0.2) is 28.9 Å². The van der Waals surface area contributed by atoms with E-state index in [1.54, 1.807) is 16.8 Å². The molecule has 0 saturated carbocycles. The molecule has 0 radical (unpaired) electrons. The number of halogens is 2. The average molecular weight is 342 g/mol. The van der Waals surface area contributed by atoms with E-state index in [0.29, 0.717) is 20.9 Å². The number of hydrogen-bond donors (Lipinski definition) is 0. The lowest BCUT2D eigenvalue weighted by molar-refractivity contribution is 0.112. The van der Waals surface area contributed by atoms with Crippen LogP contribution in [0, 0.1) is 0 Å². The van der Waals surface area contributed by atoms with Gasteiger partial charge in [-0.05, 0) is 48.8 Å². The summed E-state index contributed by atoms with van der Waals surface area (Å²) in [6.45, 7) is 6.09. The Kier molecular flexibility index (Phi) is 3.83. The van der Waals surface area contributed by atoms with Crippen LogP contribution in [0.5, 0.6) is 0 Å². The normalized spacial score (nSPS) is 11.6. The zero-order valence-electron chi connectivity index (χ0n) is 10.9. The summed E-state index contributed by atoms with van der Waals surface area (Å²) in [6.07, 6.45) is 0.815. The highest BCUT2D eigenvalue weighted by Gasteiger charge is 2.24. The maximum atomic E-state index is 11.3. The van der Waals surface area contributed by atoms with Crippen molar-refractivity contribution < 1.29 is 4.79 Å². The Bertz CT molecular complexity index is 629. The molecule has 0 N–H and O–H groups in total. The van der Waals surface area contributed by atoms with Gasteiger partial charge in [0.15, 0.2) is 6.29 Å². The van der Waals surface area contributed by atoms with Crippen molar-refractivity contribution in [2.24, 2.45) is 0 Å². The van der Waals surface area contributed by atoms with Crippen molar-refractivity contribution in [1.82, 2.24) is 9.78 Å². The minimum Gasteiger partial charge on any atom is -0.298 e. The molecular formula is C14H14BrClN2O. The Morgan fingerprint density at radius 3 is 2.58 bits per heavy atom. The summed E-state index contributed by atoms with van der Waals surface area (Å²) in [7, 11) is 0. The highest BCUT2D eigenvalue weighted by molar-refractivity contribution is 9.10. The number of nitrogens with zero attached hydrogens (tertiary/aromatic N) is 2. The number of aromatic nitrogens is 2. The Morgan fingerprint density at radius 2 is 2.05 bits per heavy atom. The first-order valence-electron chi connectivity index (χ1n) is 5.84. The molecule has 0 unspecified atom stereocenters. The number of carbonyl (C=O) groups is 1. The number of aldehydes is 1. The maximum Gasteiger partial charge on any atom is 0.155 e. The van der Waals surface area contributed by atoms with Crippen LogP contribution >= 0.6 is 27.5 Å². The fourth-order valence-corrected chi connectivity index (χ4v) is 2.89. The van der Waals surface area contributed by atoms with Crippen molar-refractivity contribution in [3.63, 3.8) is 0 Å². The highest BCUT2D eigenvalue weighted by Crippen LogP contribution is 2.32. The van der Waals surface area contributed by atoms with Gasteiger partial charge in [-0.15, -0.1) is 0 Å². The Hall–Kier alpha value is -1.13. The van der Waals surface area contributed by atoms with E-state index in [0.717, 1.165) is 11.8 Å². The van der Waals surface area contributed by atoms with E-state index < -0.39 is 0 Å². The lowest BCUT2D eigenvalue weighted by Gasteiger charge is -2.20. The van der Waals surface area contributed by atoms with Crippen molar-refractivity contribution in [1.29, 1.82) is 0 Å². The molecule has 0 aliphatic rings. The summed E-state index contributed by atoms with van der Waals surface area (Å²) < 4.78 is 2.48. The van der Waals surface area contributed by atoms with Crippen LogP contribution in [0.4, 0.5) is 0 Å². The van der Waals surface area contributed by atoms with E-state index in [1.807, 2.05) is 32.9 Å². The predicted octanol–water partition coefficient (Wildman–Crippen LogP) is 4.53. The highest BCUT2D eigenvalue weighted by atomic mass is 79.9. The summed E-state index contributed by atoms with van der Waals surface area (Å²) in [5, 5.41) is 5.16. The Labute approximate surface area is 125 Å². The van der Waals surface area contributed by atoms with E-state index in [2.05, 4.69) is 21.0 Å². The number of benzene rings is 1. The number of hydrogen-bond acceptors (Lipinski definition) is 2. The molecule has 1 aromatic heterocycles. The second kappa shape index (κ2) is 5.10. The molecular weight excluding hydrogens is 328 g/mol. The van der Waals surface area contributed by atoms with Gasteiger partial charge in [0.05, 0.1) is 11.1 Å². The third kappa shape index (κ3) is 2.74. The van der Waals surface area contributed by atoms with Gasteiger partial charge in [0.2, 0.25) is 0 Å². The second-order valence-corrected chi connectivity index (χ2v) is 6.45. The van der Waals surface area contributed by atoms with Crippen molar-refractivity contribution in [3.8, 4) is 11.3 Å². The third-order valence-electron chi connectivity index (χ3n) is 2.71. The van der Waals surface area contributed by atoms with Crippen LogP contribution in [0.1, 0.15) is 31.1 Å². The first kappa shape index (κ1) is 14.3. The van der Waals surface area contributed by atoms with E-state index in [1.165, 1.54) is 0 Å². The molecule has 0 fully saturated rings. The predicted molar refractivity (Wildman–Crippen MR) is 80.8 cm³/mol. The van der Waals surface area contributed by atoms with Crippen molar-refractivity contribution in [2.45, 2.75) is 26.3 Å². The van der Waals surface area contributed by atoms with Gasteiger partial charge in [-0.3, -0.25) is 9.48 Å². The summed E-state index contributed by atoms with van der Waals surface area (Å²) in [6, 6.07) is 7.33. The maximum absolute atomic E-state index is 11.3. The molecule has 0 amide bonds. The van der Waals surface area contributed by atoms with E-state index in [4.69, 9.17) is 11.6 Å². The molecule has 2 rings (SSSR count). The van der Waals surface area contributed by atoms with Gasteiger partial charge in [0, 0.05) is 10.6 Å². The van der Waals surface area contributed by atoms with Crippen molar-refractivity contribution in [3.05, 3.63) is 39.5 Å².